The highest BCUT2D eigenvalue weighted by molar-refractivity contribution is 5.90. The SMILES string of the molecule is CO[C@H]1C[C@H](c2nnc(C)o2)N(C(=O)C2(c3ccc(F)cc3F)CCC2)C1. The van der Waals surface area contributed by atoms with Crippen LogP contribution in [0.2, 0.25) is 0 Å². The van der Waals surface area contributed by atoms with Gasteiger partial charge in [0.2, 0.25) is 17.7 Å². The van der Waals surface area contributed by atoms with Crippen molar-refractivity contribution in [2.24, 2.45) is 0 Å². The number of carbonyl (C=O) groups is 1. The van der Waals surface area contributed by atoms with Gasteiger partial charge in [0.1, 0.15) is 17.7 Å². The van der Waals surface area contributed by atoms with Gasteiger partial charge in [-0.05, 0) is 18.9 Å². The number of nitrogens with zero attached hydrogens (tertiary/aromatic N) is 3. The molecule has 0 radical (unpaired) electrons. The second-order valence-electron chi connectivity index (χ2n) is 7.29. The number of benzene rings is 1. The molecule has 0 spiro atoms. The first-order chi connectivity index (χ1) is 12.9. The molecular weight excluding hydrogens is 356 g/mol. The Morgan fingerprint density at radius 3 is 2.67 bits per heavy atom. The highest BCUT2D eigenvalue weighted by Gasteiger charge is 2.53. The van der Waals surface area contributed by atoms with Crippen LogP contribution in [0.1, 0.15) is 49.1 Å². The zero-order valence-electron chi connectivity index (χ0n) is 15.2. The van der Waals surface area contributed by atoms with Gasteiger partial charge in [-0.15, -0.1) is 10.2 Å². The predicted molar refractivity (Wildman–Crippen MR) is 90.8 cm³/mol. The van der Waals surface area contributed by atoms with Crippen molar-refractivity contribution in [2.45, 2.75) is 50.2 Å². The van der Waals surface area contributed by atoms with Gasteiger partial charge in [0.15, 0.2) is 0 Å². The van der Waals surface area contributed by atoms with Crippen molar-refractivity contribution < 1.29 is 22.7 Å². The van der Waals surface area contributed by atoms with Crippen LogP contribution in [-0.2, 0) is 14.9 Å². The molecule has 2 aliphatic rings. The second-order valence-corrected chi connectivity index (χ2v) is 7.29. The maximum absolute atomic E-state index is 14.5. The number of hydrogen-bond donors (Lipinski definition) is 0. The quantitative estimate of drug-likeness (QED) is 0.819. The van der Waals surface area contributed by atoms with Gasteiger partial charge in [0, 0.05) is 38.6 Å². The normalized spacial score (nSPS) is 24.1. The Kier molecular flexibility index (Phi) is 4.46. The van der Waals surface area contributed by atoms with E-state index in [0.717, 1.165) is 12.5 Å². The highest BCUT2D eigenvalue weighted by atomic mass is 19.1. The zero-order valence-corrected chi connectivity index (χ0v) is 15.2. The van der Waals surface area contributed by atoms with Gasteiger partial charge in [-0.25, -0.2) is 8.78 Å². The third-order valence-electron chi connectivity index (χ3n) is 5.75. The molecular formula is C19H21F2N3O3. The summed E-state index contributed by atoms with van der Waals surface area (Å²) in [4.78, 5) is 15.2. The van der Waals surface area contributed by atoms with Crippen molar-refractivity contribution in [3.05, 3.63) is 47.2 Å². The summed E-state index contributed by atoms with van der Waals surface area (Å²) in [5, 5.41) is 7.92. The monoisotopic (exact) mass is 377 g/mol. The molecule has 1 amide bonds. The molecule has 2 atom stereocenters. The number of likely N-dealkylation sites (tertiary alicyclic amines) is 1. The molecule has 2 aromatic rings. The van der Waals surface area contributed by atoms with E-state index < -0.39 is 23.1 Å². The Morgan fingerprint density at radius 1 is 1.33 bits per heavy atom. The Labute approximate surface area is 155 Å². The summed E-state index contributed by atoms with van der Waals surface area (Å²) in [5.74, 6) is -0.760. The number of amides is 1. The van der Waals surface area contributed by atoms with Gasteiger partial charge in [-0.1, -0.05) is 12.5 Å². The summed E-state index contributed by atoms with van der Waals surface area (Å²) < 4.78 is 38.9. The Balaban J connectivity index is 1.70. The molecule has 1 aromatic carbocycles. The van der Waals surface area contributed by atoms with Crippen LogP contribution in [0, 0.1) is 18.6 Å². The Bertz CT molecular complexity index is 866. The first kappa shape index (κ1) is 18.0. The van der Waals surface area contributed by atoms with Crippen LogP contribution in [0.3, 0.4) is 0 Å². The van der Waals surface area contributed by atoms with Crippen LogP contribution >= 0.6 is 0 Å². The topological polar surface area (TPSA) is 68.5 Å². The predicted octanol–water partition coefficient (Wildman–Crippen LogP) is 3.07. The van der Waals surface area contributed by atoms with E-state index in [4.69, 9.17) is 9.15 Å². The summed E-state index contributed by atoms with van der Waals surface area (Å²) in [7, 11) is 1.59. The molecule has 2 fully saturated rings. The van der Waals surface area contributed by atoms with Crippen molar-refractivity contribution in [3.8, 4) is 0 Å². The number of aromatic nitrogens is 2. The lowest BCUT2D eigenvalue weighted by Crippen LogP contribution is -2.51. The summed E-state index contributed by atoms with van der Waals surface area (Å²) in [6, 6.07) is 3.01. The van der Waals surface area contributed by atoms with Crippen LogP contribution < -0.4 is 0 Å². The van der Waals surface area contributed by atoms with Gasteiger partial charge in [-0.2, -0.15) is 0 Å². The lowest BCUT2D eigenvalue weighted by atomic mass is 9.63. The minimum atomic E-state index is -0.978. The van der Waals surface area contributed by atoms with Gasteiger partial charge in [-0.3, -0.25) is 4.79 Å². The summed E-state index contributed by atoms with van der Waals surface area (Å²) in [5.41, 5.74) is -0.727. The van der Waals surface area contributed by atoms with Crippen LogP contribution in [0.15, 0.2) is 22.6 Å². The summed E-state index contributed by atoms with van der Waals surface area (Å²) >= 11 is 0. The Morgan fingerprint density at radius 2 is 2.11 bits per heavy atom. The molecule has 1 aliphatic carbocycles. The maximum Gasteiger partial charge on any atom is 0.239 e. The van der Waals surface area contributed by atoms with Gasteiger partial charge < -0.3 is 14.1 Å². The minimum Gasteiger partial charge on any atom is -0.423 e. The van der Waals surface area contributed by atoms with Crippen LogP contribution in [0.5, 0.6) is 0 Å². The van der Waals surface area contributed by atoms with Crippen molar-refractivity contribution in [2.75, 3.05) is 13.7 Å². The number of halogens is 2. The first-order valence-corrected chi connectivity index (χ1v) is 9.04. The average Bonchev–Trinajstić information content (AvgIpc) is 3.21. The smallest absolute Gasteiger partial charge is 0.239 e. The van der Waals surface area contributed by atoms with E-state index in [-0.39, 0.29) is 17.6 Å². The highest BCUT2D eigenvalue weighted by Crippen LogP contribution is 2.48. The van der Waals surface area contributed by atoms with Crippen molar-refractivity contribution in [1.82, 2.24) is 15.1 Å². The fraction of sp³-hybridized carbons (Fsp3) is 0.526. The van der Waals surface area contributed by atoms with E-state index in [0.29, 0.717) is 37.6 Å². The number of rotatable bonds is 4. The maximum atomic E-state index is 14.5. The fourth-order valence-corrected chi connectivity index (χ4v) is 4.15. The van der Waals surface area contributed by atoms with Gasteiger partial charge in [0.25, 0.3) is 0 Å². The minimum absolute atomic E-state index is 0.165. The van der Waals surface area contributed by atoms with E-state index in [1.165, 1.54) is 12.1 Å². The van der Waals surface area contributed by atoms with Gasteiger partial charge >= 0.3 is 0 Å². The number of hydrogen-bond acceptors (Lipinski definition) is 5. The molecule has 1 aliphatic heterocycles. The molecule has 144 valence electrons. The third kappa shape index (κ3) is 2.92. The van der Waals surface area contributed by atoms with E-state index in [2.05, 4.69) is 10.2 Å². The van der Waals surface area contributed by atoms with Crippen LogP contribution in [0.4, 0.5) is 8.78 Å². The fourth-order valence-electron chi connectivity index (χ4n) is 4.15. The number of ether oxygens (including phenoxy) is 1. The molecule has 1 aromatic heterocycles. The van der Waals surface area contributed by atoms with E-state index in [9.17, 15) is 13.6 Å². The number of aryl methyl sites for hydroxylation is 1. The van der Waals surface area contributed by atoms with Crippen molar-refractivity contribution in [1.29, 1.82) is 0 Å². The number of methoxy groups -OCH3 is 1. The lowest BCUT2D eigenvalue weighted by Gasteiger charge is -2.44. The van der Waals surface area contributed by atoms with Gasteiger partial charge in [0.05, 0.1) is 11.5 Å². The van der Waals surface area contributed by atoms with Crippen molar-refractivity contribution >= 4 is 5.91 Å². The molecule has 6 nitrogen and oxygen atoms in total. The summed E-state index contributed by atoms with van der Waals surface area (Å²) in [6.45, 7) is 2.05. The molecule has 1 saturated heterocycles. The molecule has 4 rings (SSSR count). The molecule has 1 saturated carbocycles. The molecule has 0 N–H and O–H groups in total. The third-order valence-corrected chi connectivity index (χ3v) is 5.75. The average molecular weight is 377 g/mol. The number of carbonyl (C=O) groups excluding carboxylic acids is 1. The van der Waals surface area contributed by atoms with E-state index in [1.54, 1.807) is 18.9 Å². The van der Waals surface area contributed by atoms with E-state index in [1.807, 2.05) is 0 Å². The molecule has 2 heterocycles. The lowest BCUT2D eigenvalue weighted by molar-refractivity contribution is -0.143. The zero-order chi connectivity index (χ0) is 19.2. The largest absolute Gasteiger partial charge is 0.423 e. The Hall–Kier alpha value is -2.35. The first-order valence-electron chi connectivity index (χ1n) is 9.04. The second kappa shape index (κ2) is 6.67. The van der Waals surface area contributed by atoms with E-state index >= 15 is 0 Å². The standard InChI is InChI=1S/C19H21F2N3O3/c1-11-22-23-17(27-11)16-9-13(26-2)10-24(16)18(25)19(6-3-7-19)14-5-4-12(20)8-15(14)21/h4-5,8,13,16H,3,6-7,9-10H2,1-2H3/t13-,16+/m0/s1. The van der Waals surface area contributed by atoms with Crippen LogP contribution in [0.25, 0.3) is 0 Å². The van der Waals surface area contributed by atoms with Crippen molar-refractivity contribution in [3.63, 3.8) is 0 Å². The molecule has 8 heteroatoms. The molecule has 0 unspecified atom stereocenters. The molecule has 0 bridgehead atoms. The molecule has 27 heavy (non-hydrogen) atoms. The van der Waals surface area contributed by atoms with Crippen LogP contribution in [-0.4, -0.2) is 40.8 Å². The summed E-state index contributed by atoms with van der Waals surface area (Å²) in [6.07, 6.45) is 2.23.